The molecule has 1 aromatic heterocycles. The first-order chi connectivity index (χ1) is 10.3. The zero-order chi connectivity index (χ0) is 16.3. The van der Waals surface area contributed by atoms with Crippen molar-refractivity contribution in [2.45, 2.75) is 25.5 Å². The molecule has 0 aliphatic heterocycles. The van der Waals surface area contributed by atoms with Gasteiger partial charge in [0, 0.05) is 17.1 Å². The average molecular weight is 319 g/mol. The van der Waals surface area contributed by atoms with E-state index in [9.17, 15) is 9.90 Å². The Hall–Kier alpha value is -1.75. The Bertz CT molecular complexity index is 659. The minimum Gasteiger partial charge on any atom is -0.388 e. The number of rotatable bonds is 5. The number of hydrogen-bond donors (Lipinski definition) is 2. The molecule has 0 aliphatic rings. The lowest BCUT2D eigenvalue weighted by atomic mass is 9.77. The van der Waals surface area contributed by atoms with Gasteiger partial charge >= 0.3 is 0 Å². The number of hydrogen-bond acceptors (Lipinski definition) is 4. The summed E-state index contributed by atoms with van der Waals surface area (Å²) in [5.41, 5.74) is 5.88. The van der Waals surface area contributed by atoms with E-state index in [-0.39, 0.29) is 11.5 Å². The molecule has 4 nitrogen and oxygen atoms in total. The first-order valence-electron chi connectivity index (χ1n) is 7.02. The SMILES string of the molecule is CC(C(O)c1ccccc1)[C@@](C)(N)C(=O)c1cc(Cl)ccn1. The molecule has 0 spiro atoms. The molecule has 2 aromatic rings. The number of aliphatic hydroxyl groups excluding tert-OH is 1. The van der Waals surface area contributed by atoms with Gasteiger partial charge in [-0.15, -0.1) is 0 Å². The Morgan fingerprint density at radius 1 is 1.32 bits per heavy atom. The van der Waals surface area contributed by atoms with Gasteiger partial charge in [-0.25, -0.2) is 0 Å². The number of Topliss-reactive ketones (excluding diaryl/α,β-unsaturated/α-hetero) is 1. The highest BCUT2D eigenvalue weighted by Gasteiger charge is 2.40. The van der Waals surface area contributed by atoms with Crippen LogP contribution in [0.25, 0.3) is 0 Å². The molecule has 0 fully saturated rings. The van der Waals surface area contributed by atoms with Gasteiger partial charge in [-0.05, 0) is 24.6 Å². The molecule has 3 N–H and O–H groups in total. The molecule has 0 amide bonds. The molecule has 0 aliphatic carbocycles. The van der Waals surface area contributed by atoms with Gasteiger partial charge in [-0.1, -0.05) is 48.9 Å². The third kappa shape index (κ3) is 3.35. The Labute approximate surface area is 134 Å². The molecule has 116 valence electrons. The lowest BCUT2D eigenvalue weighted by Crippen LogP contribution is -2.52. The van der Waals surface area contributed by atoms with E-state index in [1.54, 1.807) is 32.0 Å². The fraction of sp³-hybridized carbons (Fsp3) is 0.294. The van der Waals surface area contributed by atoms with Crippen LogP contribution in [0.5, 0.6) is 0 Å². The van der Waals surface area contributed by atoms with Crippen LogP contribution in [-0.4, -0.2) is 21.4 Å². The minimum absolute atomic E-state index is 0.199. The van der Waals surface area contributed by atoms with Crippen LogP contribution in [0.15, 0.2) is 48.7 Å². The summed E-state index contributed by atoms with van der Waals surface area (Å²) >= 11 is 5.89. The topological polar surface area (TPSA) is 76.2 Å². The van der Waals surface area contributed by atoms with Gasteiger partial charge in [0.1, 0.15) is 5.69 Å². The first-order valence-corrected chi connectivity index (χ1v) is 7.40. The molecule has 1 aromatic carbocycles. The predicted molar refractivity (Wildman–Crippen MR) is 86.7 cm³/mol. The smallest absolute Gasteiger partial charge is 0.201 e. The zero-order valence-electron chi connectivity index (χ0n) is 12.5. The van der Waals surface area contributed by atoms with E-state index in [0.29, 0.717) is 5.02 Å². The Balaban J connectivity index is 2.27. The maximum Gasteiger partial charge on any atom is 0.201 e. The van der Waals surface area contributed by atoms with E-state index in [0.717, 1.165) is 5.56 Å². The number of aliphatic hydroxyl groups is 1. The number of benzene rings is 1. The normalized spacial score (nSPS) is 16.6. The molecule has 22 heavy (non-hydrogen) atoms. The van der Waals surface area contributed by atoms with Crippen LogP contribution in [0, 0.1) is 5.92 Å². The van der Waals surface area contributed by atoms with Crippen LogP contribution < -0.4 is 5.73 Å². The second kappa shape index (κ2) is 6.57. The monoisotopic (exact) mass is 318 g/mol. The van der Waals surface area contributed by atoms with E-state index < -0.39 is 17.6 Å². The highest BCUT2D eigenvalue weighted by atomic mass is 35.5. The molecule has 2 rings (SSSR count). The predicted octanol–water partition coefficient (Wildman–Crippen LogP) is 3.00. The van der Waals surface area contributed by atoms with E-state index in [4.69, 9.17) is 17.3 Å². The van der Waals surface area contributed by atoms with Crippen LogP contribution in [0.1, 0.15) is 36.0 Å². The van der Waals surface area contributed by atoms with Gasteiger partial charge in [0.25, 0.3) is 0 Å². The summed E-state index contributed by atoms with van der Waals surface area (Å²) in [6.07, 6.45) is 0.614. The van der Waals surface area contributed by atoms with Crippen molar-refractivity contribution < 1.29 is 9.90 Å². The number of halogens is 1. The second-order valence-electron chi connectivity index (χ2n) is 5.62. The van der Waals surface area contributed by atoms with Crippen LogP contribution in [0.4, 0.5) is 0 Å². The lowest BCUT2D eigenvalue weighted by Gasteiger charge is -2.33. The lowest BCUT2D eigenvalue weighted by molar-refractivity contribution is 0.0564. The highest BCUT2D eigenvalue weighted by Crippen LogP contribution is 2.31. The summed E-state index contributed by atoms with van der Waals surface area (Å²) in [7, 11) is 0. The largest absolute Gasteiger partial charge is 0.388 e. The van der Waals surface area contributed by atoms with Crippen molar-refractivity contribution in [1.29, 1.82) is 0 Å². The summed E-state index contributed by atoms with van der Waals surface area (Å²) in [6.45, 7) is 3.36. The number of aromatic nitrogens is 1. The van der Waals surface area contributed by atoms with Gasteiger partial charge in [-0.2, -0.15) is 0 Å². The summed E-state index contributed by atoms with van der Waals surface area (Å²) in [4.78, 5) is 16.7. The standard InChI is InChI=1S/C17H19ClN2O2/c1-11(15(21)12-6-4-3-5-7-12)17(2,19)16(22)14-10-13(18)8-9-20-14/h3-11,15,21H,19H2,1-2H3/t11?,15?,17-/m1/s1. The Morgan fingerprint density at radius 2 is 1.95 bits per heavy atom. The molecule has 0 radical (unpaired) electrons. The number of nitrogens with two attached hydrogens (primary N) is 1. The maximum absolute atomic E-state index is 12.6. The number of ketones is 1. The van der Waals surface area contributed by atoms with Crippen molar-refractivity contribution in [3.63, 3.8) is 0 Å². The molecular weight excluding hydrogens is 300 g/mol. The quantitative estimate of drug-likeness (QED) is 0.831. The van der Waals surface area contributed by atoms with Crippen molar-refractivity contribution in [1.82, 2.24) is 4.98 Å². The minimum atomic E-state index is -1.27. The Kier molecular flexibility index (Phi) is 4.96. The van der Waals surface area contributed by atoms with Crippen LogP contribution in [0.3, 0.4) is 0 Å². The molecule has 0 saturated carbocycles. The van der Waals surface area contributed by atoms with Crippen molar-refractivity contribution in [2.75, 3.05) is 0 Å². The van der Waals surface area contributed by atoms with Crippen molar-refractivity contribution in [3.8, 4) is 0 Å². The number of pyridine rings is 1. The molecule has 3 atom stereocenters. The van der Waals surface area contributed by atoms with Crippen molar-refractivity contribution >= 4 is 17.4 Å². The molecule has 2 unspecified atom stereocenters. The summed E-state index contributed by atoms with van der Waals surface area (Å²) < 4.78 is 0. The van der Waals surface area contributed by atoms with E-state index >= 15 is 0 Å². The van der Waals surface area contributed by atoms with Gasteiger partial charge in [0.2, 0.25) is 5.78 Å². The number of nitrogens with zero attached hydrogens (tertiary/aromatic N) is 1. The third-order valence-corrected chi connectivity index (χ3v) is 4.24. The first kappa shape index (κ1) is 16.6. The molecule has 0 bridgehead atoms. The fourth-order valence-electron chi connectivity index (χ4n) is 2.28. The van der Waals surface area contributed by atoms with Gasteiger partial charge in [0.15, 0.2) is 0 Å². The van der Waals surface area contributed by atoms with Crippen molar-refractivity contribution in [2.24, 2.45) is 11.7 Å². The fourth-order valence-corrected chi connectivity index (χ4v) is 2.44. The van der Waals surface area contributed by atoms with E-state index in [2.05, 4.69) is 4.98 Å². The summed E-state index contributed by atoms with van der Waals surface area (Å²) in [5, 5.41) is 10.9. The molecule has 5 heteroatoms. The summed E-state index contributed by atoms with van der Waals surface area (Å²) in [5.74, 6) is -0.847. The Morgan fingerprint density at radius 3 is 2.55 bits per heavy atom. The van der Waals surface area contributed by atoms with Gasteiger partial charge < -0.3 is 10.8 Å². The van der Waals surface area contributed by atoms with Crippen molar-refractivity contribution in [3.05, 3.63) is 64.9 Å². The molecule has 1 heterocycles. The summed E-state index contributed by atoms with van der Waals surface area (Å²) in [6, 6.07) is 12.2. The van der Waals surface area contributed by atoms with E-state index in [1.165, 1.54) is 12.3 Å². The van der Waals surface area contributed by atoms with Crippen LogP contribution in [0.2, 0.25) is 5.02 Å². The zero-order valence-corrected chi connectivity index (χ0v) is 13.3. The van der Waals surface area contributed by atoms with E-state index in [1.807, 2.05) is 18.2 Å². The van der Waals surface area contributed by atoms with Gasteiger partial charge in [0.05, 0.1) is 11.6 Å². The number of carbonyl (C=O) groups is 1. The maximum atomic E-state index is 12.6. The highest BCUT2D eigenvalue weighted by molar-refractivity contribution is 6.30. The van der Waals surface area contributed by atoms with Crippen LogP contribution >= 0.6 is 11.6 Å². The van der Waals surface area contributed by atoms with Crippen LogP contribution in [-0.2, 0) is 0 Å². The third-order valence-electron chi connectivity index (χ3n) is 4.00. The average Bonchev–Trinajstić information content (AvgIpc) is 2.53. The molecular formula is C17H19ClN2O2. The molecule has 0 saturated heterocycles. The van der Waals surface area contributed by atoms with Gasteiger partial charge in [-0.3, -0.25) is 9.78 Å². The number of carbonyl (C=O) groups excluding carboxylic acids is 1. The second-order valence-corrected chi connectivity index (χ2v) is 6.05.